The first-order chi connectivity index (χ1) is 50.6. The molecular weight excluding hydrogens is 1350 g/mol. The predicted octanol–water partition coefficient (Wildman–Crippen LogP) is 10.3. The third-order valence-corrected chi connectivity index (χ3v) is 16.1. The number of carboxylic acid groups (broad SMARTS) is 1. The zero-order valence-electron chi connectivity index (χ0n) is 59.8. The summed E-state index contributed by atoms with van der Waals surface area (Å²) >= 11 is 0. The first kappa shape index (κ1) is 83.6. The van der Waals surface area contributed by atoms with E-state index >= 15 is 0 Å². The molecule has 13 rings (SSSR count). The molecule has 4 heterocycles. The van der Waals surface area contributed by atoms with E-state index in [9.17, 15) is 38.7 Å². The molecule has 0 aromatic heterocycles. The molecule has 9 aromatic rings. The largest absolute Gasteiger partial charge is 1.00 e. The second kappa shape index (κ2) is 45.0. The van der Waals surface area contributed by atoms with Gasteiger partial charge in [-0.3, -0.25) is 43.8 Å². The first-order valence-corrected chi connectivity index (χ1v) is 34.3. The van der Waals surface area contributed by atoms with Gasteiger partial charge in [-0.25, -0.2) is 4.79 Å². The van der Waals surface area contributed by atoms with E-state index in [2.05, 4.69) is 31.6 Å². The maximum atomic E-state index is 13.0. The Kier molecular flexibility index (Phi) is 35.5. The summed E-state index contributed by atoms with van der Waals surface area (Å²) in [5, 5.41) is 40.4. The number of nitrogens with zero attached hydrogens (tertiary/aromatic N) is 6. The normalized spacial score (nSPS) is 15.6. The number of para-hydroxylation sites is 3. The first-order valence-electron chi connectivity index (χ1n) is 34.3. The Balaban J connectivity index is 0.000000206. The summed E-state index contributed by atoms with van der Waals surface area (Å²) in [6, 6.07) is 85.8. The van der Waals surface area contributed by atoms with Gasteiger partial charge in [-0.15, -0.1) is 0 Å². The van der Waals surface area contributed by atoms with Gasteiger partial charge in [0.2, 0.25) is 5.91 Å². The van der Waals surface area contributed by atoms with E-state index in [1.807, 2.05) is 235 Å². The number of benzene rings is 9. The van der Waals surface area contributed by atoms with Crippen molar-refractivity contribution in [2.24, 2.45) is 33.1 Å². The van der Waals surface area contributed by atoms with Gasteiger partial charge < -0.3 is 40.0 Å². The van der Waals surface area contributed by atoms with E-state index in [0.29, 0.717) is 56.2 Å². The van der Waals surface area contributed by atoms with Gasteiger partial charge in [0.15, 0.2) is 17.9 Å². The number of ketones is 2. The van der Waals surface area contributed by atoms with E-state index in [4.69, 9.17) is 19.7 Å². The Labute approximate surface area is 640 Å². The van der Waals surface area contributed by atoms with Crippen molar-refractivity contribution in [2.75, 3.05) is 61.1 Å². The molecule has 4 unspecified atom stereocenters. The minimum absolute atomic E-state index is 0. The molecule has 22 heteroatoms. The van der Waals surface area contributed by atoms with E-state index in [1.165, 1.54) is 0 Å². The topological polar surface area (TPSA) is 286 Å². The molecule has 4 atom stereocenters. The summed E-state index contributed by atoms with van der Waals surface area (Å²) < 4.78 is 19.3. The Morgan fingerprint density at radius 1 is 0.481 bits per heavy atom. The van der Waals surface area contributed by atoms with Crippen molar-refractivity contribution in [3.63, 3.8) is 0 Å². The summed E-state index contributed by atoms with van der Waals surface area (Å²) in [6.07, 6.45) is 1.20. The predicted molar refractivity (Wildman–Crippen MR) is 405 cm³/mol. The molecule has 1 fully saturated rings. The number of nitrogens with one attached hydrogen (secondary N) is 1. The van der Waals surface area contributed by atoms with E-state index in [0.717, 1.165) is 70.2 Å². The van der Waals surface area contributed by atoms with Gasteiger partial charge in [0.1, 0.15) is 29.7 Å². The number of aliphatic hydroxyl groups is 1. The molecule has 0 bridgehead atoms. The maximum Gasteiger partial charge on any atom is 1.00 e. The van der Waals surface area contributed by atoms with Crippen LogP contribution >= 0.6 is 0 Å². The van der Waals surface area contributed by atoms with Crippen LogP contribution < -0.4 is 49.9 Å². The molecule has 106 heavy (non-hydrogen) atoms. The number of aliphatic hydroxyl groups excluding tert-OH is 1. The fourth-order valence-corrected chi connectivity index (χ4v) is 10.8. The third-order valence-electron chi connectivity index (χ3n) is 16.1. The second-order valence-corrected chi connectivity index (χ2v) is 23.4. The molecular formula is C84H86N7NaO14. The van der Waals surface area contributed by atoms with Crippen LogP contribution in [-0.2, 0) is 49.5 Å². The number of hydrazone groups is 3. The molecule has 0 saturated carbocycles. The van der Waals surface area contributed by atoms with Crippen molar-refractivity contribution >= 4 is 75.5 Å². The quantitative estimate of drug-likeness (QED) is 0.0122. The zero-order chi connectivity index (χ0) is 73.8. The third kappa shape index (κ3) is 25.8. The molecule has 0 spiro atoms. The van der Waals surface area contributed by atoms with Gasteiger partial charge in [-0.05, 0) is 85.8 Å². The zero-order valence-corrected chi connectivity index (χ0v) is 61.8. The smallest absolute Gasteiger partial charge is 0.870 e. The fraction of sp³-hybridized carbons (Fsp3) is 0.214. The van der Waals surface area contributed by atoms with Gasteiger partial charge in [0, 0.05) is 30.7 Å². The van der Waals surface area contributed by atoms with Crippen molar-refractivity contribution < 1.29 is 97.8 Å². The number of aliphatic carboxylic acids is 1. The van der Waals surface area contributed by atoms with Crippen LogP contribution in [0.2, 0.25) is 0 Å². The molecule has 4 aliphatic heterocycles. The number of Topliss-reactive ketones (excluding diaryl/α,β-unsaturated/α-hetero) is 2. The minimum Gasteiger partial charge on any atom is -0.870 e. The number of anilines is 3. The van der Waals surface area contributed by atoms with Crippen molar-refractivity contribution in [1.82, 2.24) is 5.32 Å². The number of esters is 3. The average molecular weight is 1440 g/mol. The van der Waals surface area contributed by atoms with Gasteiger partial charge in [0.05, 0.1) is 73.7 Å². The van der Waals surface area contributed by atoms with Crippen LogP contribution in [0.3, 0.4) is 0 Å². The van der Waals surface area contributed by atoms with Gasteiger partial charge >= 0.3 is 53.4 Å². The Bertz CT molecular complexity index is 4300. The Morgan fingerprint density at radius 3 is 1.22 bits per heavy atom. The summed E-state index contributed by atoms with van der Waals surface area (Å²) in [6.45, 7) is 12.2. The number of rotatable bonds is 20. The van der Waals surface area contributed by atoms with Crippen molar-refractivity contribution in [3.8, 4) is 0 Å². The van der Waals surface area contributed by atoms with E-state index in [-0.39, 0.29) is 83.1 Å². The number of carboxylic acids is 1. The summed E-state index contributed by atoms with van der Waals surface area (Å²) in [5.74, 6) is -4.06. The fourth-order valence-electron chi connectivity index (χ4n) is 10.8. The van der Waals surface area contributed by atoms with Crippen LogP contribution in [0.15, 0.2) is 300 Å². The molecule has 9 aromatic carbocycles. The standard InChI is InChI=1S/C23H21N3O.C18H18N2O2.C16H14N2O2.C12H12O3.C11H12O3.C4H8O2.Na.H2O/c27-23(24-16-18-10-4-1-5-11-18)21-17-26(20-14-8-3-9-15-20)25-22(21)19-12-6-2-7-13-19;1-2-22-18(21)16-13-20(15-11-7-4-8-12-15)19-17(16)14-9-5-3-6-10-14;19-16(20)14-11-18(13-9-5-2-6-10-13)17-15(14)12-7-3-1-4-8-12;1-3-15-12(14)9(2)11(13)10-7-5-4-6-8-10;1-2-14-11(13)8-10(12)9-6-4-3-5-7-9;5-4-2-1-3-6-4;;/h1-15,21H,16-17H2,(H,24,27);3-12,16H,2,13H2,1H3;1-10,14H,11H2,(H,19,20);4-8H,2-3H2,1H3;3-7H,2,8H2,1H3;4-5H,1-3H2;;1H2/q;;;;;;+1;/p-1. The molecule has 21 nitrogen and oxygen atoms in total. The molecule has 0 radical (unpaired) electrons. The van der Waals surface area contributed by atoms with Gasteiger partial charge in [-0.2, -0.15) is 15.3 Å². The van der Waals surface area contributed by atoms with Crippen molar-refractivity contribution in [3.05, 3.63) is 319 Å². The summed E-state index contributed by atoms with van der Waals surface area (Å²) in [5.41, 5.74) is 9.79. The molecule has 4 N–H and O–H groups in total. The Morgan fingerprint density at radius 2 is 0.840 bits per heavy atom. The molecule has 1 saturated heterocycles. The molecule has 1 amide bonds. The van der Waals surface area contributed by atoms with Crippen LogP contribution in [-0.4, -0.2) is 127 Å². The second-order valence-electron chi connectivity index (χ2n) is 23.4. The van der Waals surface area contributed by atoms with Gasteiger partial charge in [-0.1, -0.05) is 243 Å². The van der Waals surface area contributed by atoms with Gasteiger partial charge in [0.25, 0.3) is 0 Å². The van der Waals surface area contributed by atoms with Crippen LogP contribution in [0.1, 0.15) is 83.0 Å². The number of ether oxygens (including phenoxy) is 4. The van der Waals surface area contributed by atoms with Crippen LogP contribution in [0.25, 0.3) is 0 Å². The van der Waals surface area contributed by atoms with Crippen molar-refractivity contribution in [1.29, 1.82) is 0 Å². The monoisotopic (exact) mass is 1440 g/mol. The number of carbonyl (C=O) groups excluding carboxylic acids is 6. The minimum atomic E-state index is -0.842. The molecule has 0 aliphatic carbocycles. The SMILES string of the molecule is C=C(C(=O)OCC)C(=O)c1ccccc1.CCOC(=O)C1CN(c2ccccc2)N=C1c1ccccc1.CCOC(=O)CC(=O)c1ccccc1.O=C(NCc1ccccc1)C1CN(c2ccccc2)N=C1c1ccccc1.O=C(O)C1CN(c2ccccc2)N=C1c1ccccc1.OC1CCCO1.[Na+].[OH-]. The number of amides is 1. The van der Waals surface area contributed by atoms with Crippen LogP contribution in [0.4, 0.5) is 17.1 Å². The summed E-state index contributed by atoms with van der Waals surface area (Å²) in [7, 11) is 0. The van der Waals surface area contributed by atoms with E-state index < -0.39 is 35.9 Å². The Hall–Kier alpha value is -11.3. The number of carbonyl (C=O) groups is 7. The molecule has 542 valence electrons. The van der Waals surface area contributed by atoms with Crippen molar-refractivity contribution in [2.45, 2.75) is 52.9 Å². The summed E-state index contributed by atoms with van der Waals surface area (Å²) in [4.78, 5) is 82.0. The maximum absolute atomic E-state index is 13.0. The van der Waals surface area contributed by atoms with Crippen LogP contribution in [0.5, 0.6) is 0 Å². The van der Waals surface area contributed by atoms with Crippen LogP contribution in [0, 0.1) is 17.8 Å². The van der Waals surface area contributed by atoms with E-state index in [1.54, 1.807) is 73.5 Å². The number of hydrogen-bond donors (Lipinski definition) is 3. The number of hydrogen-bond acceptors (Lipinski definition) is 19. The average Bonchev–Trinajstić information content (AvgIpc) is 1.68. The molecule has 4 aliphatic rings.